The summed E-state index contributed by atoms with van der Waals surface area (Å²) in [7, 11) is 0. The van der Waals surface area contributed by atoms with Gasteiger partial charge in [-0.15, -0.1) is 0 Å². The lowest BCUT2D eigenvalue weighted by Crippen LogP contribution is -2.53. The van der Waals surface area contributed by atoms with Crippen molar-refractivity contribution in [1.29, 1.82) is 0 Å². The van der Waals surface area contributed by atoms with Crippen LogP contribution < -0.4 is 10.6 Å². The van der Waals surface area contributed by atoms with E-state index in [9.17, 15) is 14.4 Å². The van der Waals surface area contributed by atoms with Gasteiger partial charge in [-0.25, -0.2) is 0 Å². The minimum absolute atomic E-state index is 0.0103. The summed E-state index contributed by atoms with van der Waals surface area (Å²) in [5, 5.41) is 6.13. The van der Waals surface area contributed by atoms with Gasteiger partial charge < -0.3 is 5.32 Å². The number of fused-ring (bicyclic) bond motifs is 4. The van der Waals surface area contributed by atoms with Crippen LogP contribution in [-0.2, 0) is 19.9 Å². The summed E-state index contributed by atoms with van der Waals surface area (Å²) in [6, 6.07) is 7.47. The summed E-state index contributed by atoms with van der Waals surface area (Å²) in [6.07, 6.45) is 5.06. The van der Waals surface area contributed by atoms with Crippen molar-refractivity contribution in [1.82, 2.24) is 10.2 Å². The molecule has 2 N–H and O–H groups in total. The van der Waals surface area contributed by atoms with Gasteiger partial charge in [-0.1, -0.05) is 37.5 Å². The van der Waals surface area contributed by atoms with Gasteiger partial charge in [-0.05, 0) is 18.9 Å². The van der Waals surface area contributed by atoms with Gasteiger partial charge in [-0.2, -0.15) is 0 Å². The molecule has 0 aromatic heterocycles. The van der Waals surface area contributed by atoms with Crippen molar-refractivity contribution in [2.24, 2.45) is 11.8 Å². The fraction of sp³-hybridized carbons (Fsp3) is 0.526. The van der Waals surface area contributed by atoms with Crippen LogP contribution in [0, 0.1) is 11.8 Å². The number of imide groups is 1. The van der Waals surface area contributed by atoms with Crippen LogP contribution >= 0.6 is 0 Å². The Kier molecular flexibility index (Phi) is 3.10. The van der Waals surface area contributed by atoms with E-state index < -0.39 is 17.4 Å². The van der Waals surface area contributed by atoms with E-state index in [0.29, 0.717) is 6.54 Å². The van der Waals surface area contributed by atoms with Gasteiger partial charge in [-0.3, -0.25) is 24.6 Å². The lowest BCUT2D eigenvalue weighted by molar-refractivity contribution is -0.145. The Balaban J connectivity index is 1.57. The molecule has 1 aromatic carbocycles. The SMILES string of the molecule is O=C1C2CNC3(C(=O)Nc4ccccc43)C2C(=O)N1C1CCCCC1. The normalized spacial score (nSPS) is 34.6. The molecular formula is C19H21N3O3. The summed E-state index contributed by atoms with van der Waals surface area (Å²) < 4.78 is 0. The third kappa shape index (κ3) is 1.80. The Bertz CT molecular complexity index is 786. The van der Waals surface area contributed by atoms with Crippen LogP contribution in [-0.4, -0.2) is 35.2 Å². The molecule has 4 aliphatic rings. The maximum absolute atomic E-state index is 13.3. The predicted molar refractivity (Wildman–Crippen MR) is 90.5 cm³/mol. The molecule has 0 radical (unpaired) electrons. The zero-order chi connectivity index (χ0) is 17.2. The molecule has 25 heavy (non-hydrogen) atoms. The zero-order valence-electron chi connectivity index (χ0n) is 14.0. The maximum Gasteiger partial charge on any atom is 0.250 e. The van der Waals surface area contributed by atoms with E-state index in [0.717, 1.165) is 36.9 Å². The Hall–Kier alpha value is -2.21. The predicted octanol–water partition coefficient (Wildman–Crippen LogP) is 1.37. The highest BCUT2D eigenvalue weighted by Crippen LogP contribution is 2.51. The summed E-state index contributed by atoms with van der Waals surface area (Å²) in [6.45, 7) is 0.375. The number of nitrogens with zero attached hydrogens (tertiary/aromatic N) is 1. The fourth-order valence-electron chi connectivity index (χ4n) is 5.29. The quantitative estimate of drug-likeness (QED) is 0.758. The van der Waals surface area contributed by atoms with Crippen molar-refractivity contribution in [3.05, 3.63) is 29.8 Å². The average Bonchev–Trinajstić information content (AvgIpc) is 3.24. The van der Waals surface area contributed by atoms with E-state index >= 15 is 0 Å². The highest BCUT2D eigenvalue weighted by Gasteiger charge is 2.68. The summed E-state index contributed by atoms with van der Waals surface area (Å²) >= 11 is 0. The molecule has 3 unspecified atom stereocenters. The van der Waals surface area contributed by atoms with Crippen molar-refractivity contribution in [2.45, 2.75) is 43.7 Å². The first-order valence-electron chi connectivity index (χ1n) is 9.17. The molecule has 2 saturated heterocycles. The number of carbonyl (C=O) groups is 3. The molecule has 3 amide bonds. The first kappa shape index (κ1) is 15.1. The number of amides is 3. The van der Waals surface area contributed by atoms with Crippen LogP contribution in [0.1, 0.15) is 37.7 Å². The number of benzene rings is 1. The fourth-order valence-corrected chi connectivity index (χ4v) is 5.29. The first-order chi connectivity index (χ1) is 12.1. The number of rotatable bonds is 1. The lowest BCUT2D eigenvalue weighted by Gasteiger charge is -2.33. The molecule has 3 heterocycles. The van der Waals surface area contributed by atoms with E-state index in [1.165, 1.54) is 11.3 Å². The number of para-hydroxylation sites is 1. The van der Waals surface area contributed by atoms with Crippen molar-refractivity contribution in [3.63, 3.8) is 0 Å². The van der Waals surface area contributed by atoms with Gasteiger partial charge in [0.1, 0.15) is 5.54 Å². The van der Waals surface area contributed by atoms with E-state index in [-0.39, 0.29) is 23.8 Å². The average molecular weight is 339 g/mol. The molecule has 6 nitrogen and oxygen atoms in total. The number of likely N-dealkylation sites (tertiary alicyclic amines) is 1. The van der Waals surface area contributed by atoms with Crippen molar-refractivity contribution in [2.75, 3.05) is 11.9 Å². The third-order valence-electron chi connectivity index (χ3n) is 6.43. The van der Waals surface area contributed by atoms with Crippen LogP contribution in [0.25, 0.3) is 0 Å². The molecule has 3 atom stereocenters. The van der Waals surface area contributed by atoms with Crippen LogP contribution in [0.5, 0.6) is 0 Å². The van der Waals surface area contributed by atoms with Crippen LogP contribution in [0.4, 0.5) is 5.69 Å². The molecule has 3 aliphatic heterocycles. The highest BCUT2D eigenvalue weighted by atomic mass is 16.2. The maximum atomic E-state index is 13.3. The summed E-state index contributed by atoms with van der Waals surface area (Å²) in [4.78, 5) is 40.7. The van der Waals surface area contributed by atoms with Gasteiger partial charge >= 0.3 is 0 Å². The molecule has 3 fully saturated rings. The Morgan fingerprint density at radius 2 is 1.76 bits per heavy atom. The Morgan fingerprint density at radius 3 is 2.56 bits per heavy atom. The molecule has 1 saturated carbocycles. The van der Waals surface area contributed by atoms with Gasteiger partial charge in [0.2, 0.25) is 17.7 Å². The molecule has 1 aliphatic carbocycles. The standard InChI is InChI=1S/C19H21N3O3/c23-16-12-10-20-19(13-8-4-5-9-14(13)21-18(19)25)15(12)17(24)22(16)11-6-2-1-3-7-11/h4-5,8-9,11-12,15,20H,1-3,6-7,10H2,(H,21,25). The number of nitrogens with one attached hydrogen (secondary N) is 2. The molecular weight excluding hydrogens is 318 g/mol. The molecule has 0 bridgehead atoms. The van der Waals surface area contributed by atoms with Crippen molar-refractivity contribution in [3.8, 4) is 0 Å². The highest BCUT2D eigenvalue weighted by molar-refractivity contribution is 6.15. The monoisotopic (exact) mass is 339 g/mol. The molecule has 6 heteroatoms. The minimum Gasteiger partial charge on any atom is -0.324 e. The Morgan fingerprint density at radius 1 is 1.00 bits per heavy atom. The molecule has 1 aromatic rings. The number of hydrogen-bond donors (Lipinski definition) is 2. The molecule has 5 rings (SSSR count). The van der Waals surface area contributed by atoms with Crippen LogP contribution in [0.3, 0.4) is 0 Å². The van der Waals surface area contributed by atoms with E-state index in [1.807, 2.05) is 24.3 Å². The lowest BCUT2D eigenvalue weighted by atomic mass is 9.77. The topological polar surface area (TPSA) is 78.5 Å². The van der Waals surface area contributed by atoms with E-state index in [2.05, 4.69) is 10.6 Å². The number of anilines is 1. The van der Waals surface area contributed by atoms with Crippen LogP contribution in [0.15, 0.2) is 24.3 Å². The van der Waals surface area contributed by atoms with Gasteiger partial charge in [0.05, 0.1) is 11.8 Å². The smallest absolute Gasteiger partial charge is 0.250 e. The third-order valence-corrected chi connectivity index (χ3v) is 6.43. The second-order valence-electron chi connectivity index (χ2n) is 7.61. The second-order valence-corrected chi connectivity index (χ2v) is 7.61. The minimum atomic E-state index is -1.10. The largest absolute Gasteiger partial charge is 0.324 e. The first-order valence-corrected chi connectivity index (χ1v) is 9.17. The van der Waals surface area contributed by atoms with Crippen LogP contribution in [0.2, 0.25) is 0 Å². The number of carbonyl (C=O) groups excluding carboxylic acids is 3. The van der Waals surface area contributed by atoms with Gasteiger partial charge in [0, 0.05) is 23.8 Å². The van der Waals surface area contributed by atoms with E-state index in [4.69, 9.17) is 0 Å². The van der Waals surface area contributed by atoms with E-state index in [1.54, 1.807) is 0 Å². The van der Waals surface area contributed by atoms with Gasteiger partial charge in [0.25, 0.3) is 0 Å². The molecule has 1 spiro atoms. The zero-order valence-corrected chi connectivity index (χ0v) is 14.0. The van der Waals surface area contributed by atoms with Crippen molar-refractivity contribution >= 4 is 23.4 Å². The van der Waals surface area contributed by atoms with Gasteiger partial charge in [0.15, 0.2) is 0 Å². The number of hydrogen-bond acceptors (Lipinski definition) is 4. The molecule has 130 valence electrons. The summed E-state index contributed by atoms with van der Waals surface area (Å²) in [5.41, 5.74) is 0.424. The summed E-state index contributed by atoms with van der Waals surface area (Å²) in [5.74, 6) is -1.55. The van der Waals surface area contributed by atoms with Crippen molar-refractivity contribution < 1.29 is 14.4 Å². The second kappa shape index (κ2) is 5.14. The Labute approximate surface area is 145 Å².